The summed E-state index contributed by atoms with van der Waals surface area (Å²) in [7, 11) is 0. The Hall–Kier alpha value is -1.55. The highest BCUT2D eigenvalue weighted by molar-refractivity contribution is 5.67. The van der Waals surface area contributed by atoms with Gasteiger partial charge >= 0.3 is 6.09 Å². The first-order chi connectivity index (χ1) is 6.75. The maximum atomic E-state index is 10.9. The smallest absolute Gasteiger partial charge is 0.422 e. The molecule has 1 aromatic rings. The van der Waals surface area contributed by atoms with Crippen molar-refractivity contribution in [3.63, 3.8) is 0 Å². The van der Waals surface area contributed by atoms with Crippen molar-refractivity contribution in [2.75, 3.05) is 6.54 Å². The molecule has 0 spiro atoms. The van der Waals surface area contributed by atoms with Gasteiger partial charge in [-0.2, -0.15) is 0 Å². The van der Waals surface area contributed by atoms with Crippen molar-refractivity contribution in [1.29, 1.82) is 0 Å². The SMILES string of the molecule is Cc1cccc(C2CNNC(=O)O2)c1. The van der Waals surface area contributed by atoms with E-state index in [0.717, 1.165) is 11.1 Å². The lowest BCUT2D eigenvalue weighted by Crippen LogP contribution is -2.46. The summed E-state index contributed by atoms with van der Waals surface area (Å²) in [5.41, 5.74) is 7.35. The lowest BCUT2D eigenvalue weighted by Gasteiger charge is -2.24. The summed E-state index contributed by atoms with van der Waals surface area (Å²) in [6.45, 7) is 2.61. The van der Waals surface area contributed by atoms with E-state index >= 15 is 0 Å². The van der Waals surface area contributed by atoms with Crippen molar-refractivity contribution in [2.45, 2.75) is 13.0 Å². The summed E-state index contributed by atoms with van der Waals surface area (Å²) >= 11 is 0. The average Bonchev–Trinajstić information content (AvgIpc) is 2.18. The van der Waals surface area contributed by atoms with Crippen molar-refractivity contribution in [2.24, 2.45) is 0 Å². The zero-order valence-electron chi connectivity index (χ0n) is 7.91. The molecule has 1 atom stereocenters. The molecule has 1 unspecified atom stereocenters. The molecular formula is C10H12N2O2. The molecule has 2 N–H and O–H groups in total. The normalized spacial score (nSPS) is 21.2. The van der Waals surface area contributed by atoms with Crippen LogP contribution >= 0.6 is 0 Å². The minimum Gasteiger partial charge on any atom is -0.439 e. The largest absolute Gasteiger partial charge is 0.439 e. The third-order valence-electron chi connectivity index (χ3n) is 2.14. The molecule has 1 saturated heterocycles. The van der Waals surface area contributed by atoms with Crippen LogP contribution in [0, 0.1) is 6.92 Å². The predicted octanol–water partition coefficient (Wildman–Crippen LogP) is 1.28. The van der Waals surface area contributed by atoms with Gasteiger partial charge < -0.3 is 4.74 Å². The van der Waals surface area contributed by atoms with Gasteiger partial charge in [0.05, 0.1) is 6.54 Å². The first-order valence-corrected chi connectivity index (χ1v) is 4.52. The zero-order chi connectivity index (χ0) is 9.97. The summed E-state index contributed by atoms with van der Waals surface area (Å²) < 4.78 is 5.11. The van der Waals surface area contributed by atoms with Gasteiger partial charge in [0.25, 0.3) is 0 Å². The molecule has 4 nitrogen and oxygen atoms in total. The third-order valence-corrected chi connectivity index (χ3v) is 2.14. The molecule has 0 saturated carbocycles. The van der Waals surface area contributed by atoms with Crippen LogP contribution in [-0.4, -0.2) is 12.6 Å². The monoisotopic (exact) mass is 192 g/mol. The molecule has 1 aliphatic rings. The molecule has 0 aromatic heterocycles. The fourth-order valence-electron chi connectivity index (χ4n) is 1.47. The molecule has 1 aliphatic heterocycles. The van der Waals surface area contributed by atoms with Crippen LogP contribution in [0.4, 0.5) is 4.79 Å². The Balaban J connectivity index is 2.17. The van der Waals surface area contributed by atoms with Crippen molar-refractivity contribution in [3.05, 3.63) is 35.4 Å². The first-order valence-electron chi connectivity index (χ1n) is 4.52. The maximum Gasteiger partial charge on any atom is 0.422 e. The number of amides is 1. The van der Waals surface area contributed by atoms with E-state index in [1.807, 2.05) is 31.2 Å². The second kappa shape index (κ2) is 3.67. The minimum absolute atomic E-state index is 0.191. The first kappa shape index (κ1) is 9.02. The van der Waals surface area contributed by atoms with Crippen molar-refractivity contribution in [3.8, 4) is 0 Å². The number of hydrogen-bond acceptors (Lipinski definition) is 3. The number of benzene rings is 1. The number of carbonyl (C=O) groups excluding carboxylic acids is 1. The van der Waals surface area contributed by atoms with E-state index in [4.69, 9.17) is 4.74 Å². The maximum absolute atomic E-state index is 10.9. The highest BCUT2D eigenvalue weighted by Crippen LogP contribution is 2.19. The van der Waals surface area contributed by atoms with Crippen LogP contribution in [0.15, 0.2) is 24.3 Å². The number of hydrazine groups is 1. The zero-order valence-corrected chi connectivity index (χ0v) is 7.91. The Kier molecular flexibility index (Phi) is 2.37. The average molecular weight is 192 g/mol. The molecule has 1 aromatic carbocycles. The van der Waals surface area contributed by atoms with Crippen molar-refractivity contribution >= 4 is 6.09 Å². The lowest BCUT2D eigenvalue weighted by molar-refractivity contribution is 0.0678. The molecule has 0 bridgehead atoms. The molecule has 1 heterocycles. The van der Waals surface area contributed by atoms with Gasteiger partial charge in [0, 0.05) is 0 Å². The van der Waals surface area contributed by atoms with E-state index in [2.05, 4.69) is 10.9 Å². The molecule has 1 fully saturated rings. The fraction of sp³-hybridized carbons (Fsp3) is 0.300. The van der Waals surface area contributed by atoms with Crippen molar-refractivity contribution < 1.29 is 9.53 Å². The minimum atomic E-state index is -0.428. The summed E-state index contributed by atoms with van der Waals surface area (Å²) in [6, 6.07) is 7.95. The summed E-state index contributed by atoms with van der Waals surface area (Å²) in [4.78, 5) is 10.9. The van der Waals surface area contributed by atoms with Gasteiger partial charge in [-0.3, -0.25) is 5.43 Å². The van der Waals surface area contributed by atoms with Gasteiger partial charge in [-0.1, -0.05) is 29.8 Å². The van der Waals surface area contributed by atoms with E-state index in [1.165, 1.54) is 0 Å². The van der Waals surface area contributed by atoms with Crippen molar-refractivity contribution in [1.82, 2.24) is 10.9 Å². The van der Waals surface area contributed by atoms with Gasteiger partial charge in [-0.25, -0.2) is 10.2 Å². The number of ether oxygens (including phenoxy) is 1. The summed E-state index contributed by atoms with van der Waals surface area (Å²) in [5.74, 6) is 0. The summed E-state index contributed by atoms with van der Waals surface area (Å²) in [5, 5.41) is 0. The predicted molar refractivity (Wildman–Crippen MR) is 51.5 cm³/mol. The number of nitrogens with one attached hydrogen (secondary N) is 2. The van der Waals surface area contributed by atoms with Gasteiger partial charge in [0.2, 0.25) is 0 Å². The van der Waals surface area contributed by atoms with Crippen LogP contribution < -0.4 is 10.9 Å². The third kappa shape index (κ3) is 1.85. The Morgan fingerprint density at radius 3 is 3.07 bits per heavy atom. The molecule has 0 radical (unpaired) electrons. The summed E-state index contributed by atoms with van der Waals surface area (Å²) in [6.07, 6.45) is -0.619. The highest BCUT2D eigenvalue weighted by Gasteiger charge is 2.20. The van der Waals surface area contributed by atoms with Gasteiger partial charge in [0.15, 0.2) is 0 Å². The van der Waals surface area contributed by atoms with Gasteiger partial charge in [0.1, 0.15) is 6.10 Å². The number of carbonyl (C=O) groups is 1. The molecule has 4 heteroatoms. The van der Waals surface area contributed by atoms with Gasteiger partial charge in [-0.05, 0) is 12.5 Å². The molecule has 2 rings (SSSR count). The topological polar surface area (TPSA) is 50.4 Å². The quantitative estimate of drug-likeness (QED) is 0.704. The Bertz CT molecular complexity index is 352. The van der Waals surface area contributed by atoms with Crippen LogP contribution in [0.3, 0.4) is 0 Å². The van der Waals surface area contributed by atoms with Crippen LogP contribution in [0.2, 0.25) is 0 Å². The standard InChI is InChI=1S/C10H12N2O2/c1-7-3-2-4-8(5-7)9-6-11-12-10(13)14-9/h2-5,9,11H,6H2,1H3,(H,12,13). The van der Waals surface area contributed by atoms with Crippen LogP contribution in [0.1, 0.15) is 17.2 Å². The molecular weight excluding hydrogens is 180 g/mol. The van der Waals surface area contributed by atoms with E-state index in [9.17, 15) is 4.79 Å². The van der Waals surface area contributed by atoms with E-state index in [-0.39, 0.29) is 6.10 Å². The van der Waals surface area contributed by atoms with E-state index in [0.29, 0.717) is 6.54 Å². The highest BCUT2D eigenvalue weighted by atomic mass is 16.6. The van der Waals surface area contributed by atoms with Gasteiger partial charge in [-0.15, -0.1) is 0 Å². The number of cyclic esters (lactones) is 1. The second-order valence-corrected chi connectivity index (χ2v) is 3.31. The molecule has 74 valence electrons. The van der Waals surface area contributed by atoms with Crippen LogP contribution in [-0.2, 0) is 4.74 Å². The lowest BCUT2D eigenvalue weighted by atomic mass is 10.1. The number of rotatable bonds is 1. The second-order valence-electron chi connectivity index (χ2n) is 3.31. The Morgan fingerprint density at radius 2 is 2.36 bits per heavy atom. The Morgan fingerprint density at radius 1 is 1.50 bits per heavy atom. The fourth-order valence-corrected chi connectivity index (χ4v) is 1.47. The number of aryl methyl sites for hydroxylation is 1. The molecule has 14 heavy (non-hydrogen) atoms. The van der Waals surface area contributed by atoms with Crippen LogP contribution in [0.25, 0.3) is 0 Å². The molecule has 0 aliphatic carbocycles. The molecule has 1 amide bonds. The Labute approximate surface area is 82.2 Å². The number of hydrogen-bond donors (Lipinski definition) is 2. The van der Waals surface area contributed by atoms with E-state index < -0.39 is 6.09 Å². The van der Waals surface area contributed by atoms with E-state index in [1.54, 1.807) is 0 Å². The van der Waals surface area contributed by atoms with Crippen LogP contribution in [0.5, 0.6) is 0 Å².